The Morgan fingerprint density at radius 1 is 1.17 bits per heavy atom. The molecule has 7 heteroatoms. The van der Waals surface area contributed by atoms with Gasteiger partial charge in [0.15, 0.2) is 6.10 Å². The molecule has 192 valence electrons. The number of hydrogen-bond donors (Lipinski definition) is 1. The van der Waals surface area contributed by atoms with Crippen molar-refractivity contribution in [2.45, 2.75) is 85.9 Å². The number of carboxylic acids is 1. The van der Waals surface area contributed by atoms with E-state index < -0.39 is 17.7 Å². The van der Waals surface area contributed by atoms with E-state index in [4.69, 9.17) is 9.47 Å². The Kier molecular flexibility index (Phi) is 8.42. The average molecular weight is 484 g/mol. The van der Waals surface area contributed by atoms with Gasteiger partial charge in [0.2, 0.25) is 5.88 Å². The molecule has 1 aliphatic rings. The maximum atomic E-state index is 12.5. The van der Waals surface area contributed by atoms with Crippen LogP contribution >= 0.6 is 0 Å². The van der Waals surface area contributed by atoms with Gasteiger partial charge in [0, 0.05) is 53.9 Å². The first kappa shape index (κ1) is 26.9. The van der Waals surface area contributed by atoms with E-state index in [1.54, 1.807) is 6.20 Å². The van der Waals surface area contributed by atoms with Crippen molar-refractivity contribution in [1.82, 2.24) is 9.97 Å². The number of carboxylic acid groups (broad SMARTS) is 1. The lowest BCUT2D eigenvalue weighted by molar-refractivity contribution is -0.160. The molecule has 35 heavy (non-hydrogen) atoms. The van der Waals surface area contributed by atoms with Crippen LogP contribution in [0.1, 0.15) is 84.6 Å². The number of unbranched alkanes of at least 4 members (excludes halogenated alkanes) is 1. The summed E-state index contributed by atoms with van der Waals surface area (Å²) in [6.45, 7) is 16.5. The van der Waals surface area contributed by atoms with Crippen LogP contribution in [-0.2, 0) is 9.53 Å². The fraction of sp³-hybridized carbons (Fsp3) is 0.607. The SMILES string of the molecule is CCCCOc1ccc(-c2cnc(C)c(C(OC(C)(C)C)C(=O)O)c2N2CCC(C)(C)CC2)cn1. The zero-order valence-corrected chi connectivity index (χ0v) is 22.4. The highest BCUT2D eigenvalue weighted by atomic mass is 16.5. The van der Waals surface area contributed by atoms with Gasteiger partial charge >= 0.3 is 5.97 Å². The molecular formula is C28H41N3O4. The van der Waals surface area contributed by atoms with E-state index in [0.29, 0.717) is 23.7 Å². The predicted molar refractivity (Wildman–Crippen MR) is 139 cm³/mol. The minimum atomic E-state index is -1.13. The highest BCUT2D eigenvalue weighted by Gasteiger charge is 2.35. The van der Waals surface area contributed by atoms with Gasteiger partial charge in [-0.25, -0.2) is 9.78 Å². The average Bonchev–Trinajstić information content (AvgIpc) is 2.78. The van der Waals surface area contributed by atoms with Crippen molar-refractivity contribution in [2.24, 2.45) is 5.41 Å². The van der Waals surface area contributed by atoms with Crippen LogP contribution in [0.4, 0.5) is 5.69 Å². The Morgan fingerprint density at radius 2 is 1.86 bits per heavy atom. The number of anilines is 1. The van der Waals surface area contributed by atoms with Gasteiger partial charge in [-0.15, -0.1) is 0 Å². The van der Waals surface area contributed by atoms with Gasteiger partial charge in [-0.1, -0.05) is 27.2 Å². The molecule has 0 radical (unpaired) electrons. The first-order valence-electron chi connectivity index (χ1n) is 12.7. The Labute approximate surface area is 209 Å². The predicted octanol–water partition coefficient (Wildman–Crippen LogP) is 6.20. The minimum Gasteiger partial charge on any atom is -0.479 e. The van der Waals surface area contributed by atoms with Crippen LogP contribution in [0.25, 0.3) is 11.1 Å². The van der Waals surface area contributed by atoms with Crippen molar-refractivity contribution in [3.8, 4) is 17.0 Å². The maximum absolute atomic E-state index is 12.5. The molecule has 1 N–H and O–H groups in total. The van der Waals surface area contributed by atoms with Crippen molar-refractivity contribution in [1.29, 1.82) is 0 Å². The normalized spacial score (nSPS) is 16.7. The molecule has 2 aromatic heterocycles. The van der Waals surface area contributed by atoms with Gasteiger partial charge < -0.3 is 19.5 Å². The second kappa shape index (κ2) is 10.9. The third kappa shape index (κ3) is 6.94. The summed E-state index contributed by atoms with van der Waals surface area (Å²) in [6, 6.07) is 3.84. The summed E-state index contributed by atoms with van der Waals surface area (Å²) in [6.07, 6.45) is 6.58. The minimum absolute atomic E-state index is 0.256. The van der Waals surface area contributed by atoms with E-state index in [1.165, 1.54) is 0 Å². The van der Waals surface area contributed by atoms with Gasteiger partial charge in [-0.3, -0.25) is 4.98 Å². The Morgan fingerprint density at radius 3 is 2.40 bits per heavy atom. The summed E-state index contributed by atoms with van der Waals surface area (Å²) in [5, 5.41) is 10.2. The zero-order chi connectivity index (χ0) is 25.8. The second-order valence-corrected chi connectivity index (χ2v) is 11.2. The van der Waals surface area contributed by atoms with Crippen LogP contribution in [0.5, 0.6) is 5.88 Å². The van der Waals surface area contributed by atoms with E-state index in [2.05, 4.69) is 35.6 Å². The first-order valence-corrected chi connectivity index (χ1v) is 12.7. The van der Waals surface area contributed by atoms with Gasteiger partial charge in [0.1, 0.15) is 0 Å². The van der Waals surface area contributed by atoms with E-state index in [1.807, 2.05) is 46.0 Å². The number of aromatic nitrogens is 2. The van der Waals surface area contributed by atoms with E-state index in [9.17, 15) is 9.90 Å². The number of piperidine rings is 1. The van der Waals surface area contributed by atoms with Crippen molar-refractivity contribution in [3.05, 3.63) is 35.8 Å². The molecule has 1 fully saturated rings. The quantitative estimate of drug-likeness (QED) is 0.425. The number of pyridine rings is 2. The van der Waals surface area contributed by atoms with E-state index in [0.717, 1.165) is 55.6 Å². The number of nitrogens with zero attached hydrogens (tertiary/aromatic N) is 3. The van der Waals surface area contributed by atoms with E-state index in [-0.39, 0.29) is 5.41 Å². The third-order valence-electron chi connectivity index (χ3n) is 6.47. The summed E-state index contributed by atoms with van der Waals surface area (Å²) >= 11 is 0. The van der Waals surface area contributed by atoms with Crippen LogP contribution in [0, 0.1) is 12.3 Å². The fourth-order valence-corrected chi connectivity index (χ4v) is 4.34. The molecule has 3 heterocycles. The standard InChI is InChI=1S/C28H41N3O4/c1-8-9-16-34-22-11-10-20(17-30-22)21-18-29-19(2)23(25(26(32)33)35-27(3,4)5)24(21)31-14-12-28(6,7)13-15-31/h10-11,17-18,25H,8-9,12-16H2,1-7H3,(H,32,33). The fourth-order valence-electron chi connectivity index (χ4n) is 4.34. The summed E-state index contributed by atoms with van der Waals surface area (Å²) in [5.74, 6) is -0.429. The number of aryl methyl sites for hydroxylation is 1. The molecule has 3 rings (SSSR count). The maximum Gasteiger partial charge on any atom is 0.337 e. The highest BCUT2D eigenvalue weighted by molar-refractivity contribution is 5.86. The summed E-state index contributed by atoms with van der Waals surface area (Å²) < 4.78 is 11.8. The lowest BCUT2D eigenvalue weighted by atomic mass is 9.82. The highest BCUT2D eigenvalue weighted by Crippen LogP contribution is 2.43. The first-order chi connectivity index (χ1) is 16.4. The molecule has 0 spiro atoms. The number of carbonyl (C=O) groups is 1. The van der Waals surface area contributed by atoms with Crippen molar-refractivity contribution >= 4 is 11.7 Å². The number of hydrogen-bond acceptors (Lipinski definition) is 6. The molecule has 1 aliphatic heterocycles. The Hall–Kier alpha value is -2.67. The lowest BCUT2D eigenvalue weighted by Crippen LogP contribution is -2.39. The summed E-state index contributed by atoms with van der Waals surface area (Å²) in [4.78, 5) is 23.9. The number of ether oxygens (including phenoxy) is 2. The van der Waals surface area contributed by atoms with Crippen LogP contribution in [-0.4, -0.2) is 46.3 Å². The molecule has 1 saturated heterocycles. The molecule has 2 aromatic rings. The number of rotatable bonds is 9. The second-order valence-electron chi connectivity index (χ2n) is 11.2. The van der Waals surface area contributed by atoms with Gasteiger partial charge in [0.25, 0.3) is 0 Å². The molecule has 1 atom stereocenters. The topological polar surface area (TPSA) is 84.8 Å². The zero-order valence-electron chi connectivity index (χ0n) is 22.4. The Balaban J connectivity index is 2.12. The largest absolute Gasteiger partial charge is 0.479 e. The lowest BCUT2D eigenvalue weighted by Gasteiger charge is -2.40. The number of aliphatic carboxylic acids is 1. The smallest absolute Gasteiger partial charge is 0.337 e. The van der Waals surface area contributed by atoms with Gasteiger partial charge in [-0.05, 0) is 58.4 Å². The van der Waals surface area contributed by atoms with Crippen LogP contribution in [0.15, 0.2) is 24.5 Å². The van der Waals surface area contributed by atoms with Crippen LogP contribution < -0.4 is 9.64 Å². The monoisotopic (exact) mass is 483 g/mol. The molecule has 7 nitrogen and oxygen atoms in total. The molecule has 0 amide bonds. The molecule has 0 saturated carbocycles. The molecule has 0 bridgehead atoms. The van der Waals surface area contributed by atoms with Crippen molar-refractivity contribution in [2.75, 3.05) is 24.6 Å². The summed E-state index contributed by atoms with van der Waals surface area (Å²) in [5.41, 5.74) is 3.53. The van der Waals surface area contributed by atoms with Gasteiger partial charge in [0.05, 0.1) is 17.9 Å². The Bertz CT molecular complexity index is 1000. The summed E-state index contributed by atoms with van der Waals surface area (Å²) in [7, 11) is 0. The van der Waals surface area contributed by atoms with Crippen LogP contribution in [0.2, 0.25) is 0 Å². The van der Waals surface area contributed by atoms with Crippen molar-refractivity contribution in [3.63, 3.8) is 0 Å². The molecule has 0 aromatic carbocycles. The van der Waals surface area contributed by atoms with E-state index >= 15 is 0 Å². The molecule has 0 aliphatic carbocycles. The van der Waals surface area contributed by atoms with Gasteiger partial charge in [-0.2, -0.15) is 0 Å². The third-order valence-corrected chi connectivity index (χ3v) is 6.47. The molecular weight excluding hydrogens is 442 g/mol. The van der Waals surface area contributed by atoms with Crippen molar-refractivity contribution < 1.29 is 19.4 Å². The molecule has 1 unspecified atom stereocenters. The van der Waals surface area contributed by atoms with Crippen LogP contribution in [0.3, 0.4) is 0 Å².